The van der Waals surface area contributed by atoms with E-state index in [9.17, 15) is 18.0 Å². The molecule has 0 bridgehead atoms. The zero-order chi connectivity index (χ0) is 23.3. The van der Waals surface area contributed by atoms with E-state index in [0.29, 0.717) is 48.3 Å². The lowest BCUT2D eigenvalue weighted by atomic mass is 10.1. The molecule has 3 aromatic rings. The van der Waals surface area contributed by atoms with Gasteiger partial charge in [-0.3, -0.25) is 4.79 Å². The molecule has 0 fully saturated rings. The minimum atomic E-state index is -4.37. The van der Waals surface area contributed by atoms with Gasteiger partial charge in [-0.25, -0.2) is 4.98 Å². The fourth-order valence-electron chi connectivity index (χ4n) is 3.67. The summed E-state index contributed by atoms with van der Waals surface area (Å²) in [7, 11) is 1.64. The van der Waals surface area contributed by atoms with Crippen molar-refractivity contribution in [2.45, 2.75) is 38.9 Å². The molecule has 1 heterocycles. The number of anilines is 1. The van der Waals surface area contributed by atoms with Crippen molar-refractivity contribution < 1.29 is 22.7 Å². The SMILES string of the molecule is CCc1nc2cc(N)cc(C(=O)NCCc3ccc(C(F)(F)F)cc3)c2n1CCCOC. The molecule has 2 aromatic carbocycles. The van der Waals surface area contributed by atoms with Gasteiger partial charge in [0, 0.05) is 38.9 Å². The van der Waals surface area contributed by atoms with E-state index in [1.807, 2.05) is 11.5 Å². The summed E-state index contributed by atoms with van der Waals surface area (Å²) in [5.74, 6) is 0.560. The Morgan fingerprint density at radius 1 is 1.22 bits per heavy atom. The van der Waals surface area contributed by atoms with Crippen LogP contribution >= 0.6 is 0 Å². The fraction of sp³-hybridized carbons (Fsp3) is 0.391. The van der Waals surface area contributed by atoms with E-state index in [0.717, 1.165) is 29.9 Å². The number of nitrogens with one attached hydrogen (secondary N) is 1. The minimum absolute atomic E-state index is 0.277. The van der Waals surface area contributed by atoms with Gasteiger partial charge in [-0.15, -0.1) is 0 Å². The second kappa shape index (κ2) is 10.0. The fourth-order valence-corrected chi connectivity index (χ4v) is 3.67. The van der Waals surface area contributed by atoms with Crippen LogP contribution < -0.4 is 11.1 Å². The third-order valence-electron chi connectivity index (χ3n) is 5.21. The molecule has 6 nitrogen and oxygen atoms in total. The number of rotatable bonds is 9. The van der Waals surface area contributed by atoms with Crippen LogP contribution in [0, 0.1) is 0 Å². The number of aromatic nitrogens is 2. The normalized spacial score (nSPS) is 11.8. The van der Waals surface area contributed by atoms with E-state index in [4.69, 9.17) is 10.5 Å². The molecule has 0 aliphatic heterocycles. The highest BCUT2D eigenvalue weighted by molar-refractivity contribution is 6.06. The maximum atomic E-state index is 13.0. The van der Waals surface area contributed by atoms with Gasteiger partial charge in [0.2, 0.25) is 0 Å². The van der Waals surface area contributed by atoms with Gasteiger partial charge in [-0.1, -0.05) is 19.1 Å². The number of carbonyl (C=O) groups is 1. The van der Waals surface area contributed by atoms with Crippen molar-refractivity contribution in [1.82, 2.24) is 14.9 Å². The molecular formula is C23H27F3N4O2. The second-order valence-electron chi connectivity index (χ2n) is 7.52. The molecule has 3 N–H and O–H groups in total. The third-order valence-corrected chi connectivity index (χ3v) is 5.21. The van der Waals surface area contributed by atoms with Crippen molar-refractivity contribution in [3.8, 4) is 0 Å². The molecule has 0 saturated heterocycles. The van der Waals surface area contributed by atoms with Crippen LogP contribution in [0.4, 0.5) is 18.9 Å². The number of nitrogens with two attached hydrogens (primary N) is 1. The lowest BCUT2D eigenvalue weighted by Crippen LogP contribution is -2.26. The first-order valence-corrected chi connectivity index (χ1v) is 10.5. The summed E-state index contributed by atoms with van der Waals surface area (Å²) in [6.45, 7) is 3.52. The van der Waals surface area contributed by atoms with Crippen LogP contribution in [0.5, 0.6) is 0 Å². The highest BCUT2D eigenvalue weighted by Gasteiger charge is 2.29. The summed E-state index contributed by atoms with van der Waals surface area (Å²) in [4.78, 5) is 17.6. The number of aryl methyl sites for hydroxylation is 2. The van der Waals surface area contributed by atoms with Crippen LogP contribution in [0.1, 0.15) is 40.7 Å². The quantitative estimate of drug-likeness (QED) is 0.380. The first kappa shape index (κ1) is 23.6. The van der Waals surface area contributed by atoms with Gasteiger partial charge in [0.05, 0.1) is 22.2 Å². The number of nitrogens with zero attached hydrogens (tertiary/aromatic N) is 2. The van der Waals surface area contributed by atoms with Gasteiger partial charge in [0.25, 0.3) is 5.91 Å². The van der Waals surface area contributed by atoms with Crippen LogP contribution in [0.3, 0.4) is 0 Å². The first-order valence-electron chi connectivity index (χ1n) is 10.5. The Bertz CT molecular complexity index is 1080. The van der Waals surface area contributed by atoms with Gasteiger partial charge in [0.1, 0.15) is 5.82 Å². The van der Waals surface area contributed by atoms with Crippen LogP contribution in [0.15, 0.2) is 36.4 Å². The van der Waals surface area contributed by atoms with Crippen molar-refractivity contribution in [1.29, 1.82) is 0 Å². The molecule has 0 spiro atoms. The number of benzene rings is 2. The van der Waals surface area contributed by atoms with Crippen LogP contribution in [0.2, 0.25) is 0 Å². The van der Waals surface area contributed by atoms with Crippen molar-refractivity contribution in [2.75, 3.05) is 26.0 Å². The summed E-state index contributed by atoms with van der Waals surface area (Å²) < 4.78 is 45.3. The number of hydrogen-bond acceptors (Lipinski definition) is 4. The van der Waals surface area contributed by atoms with E-state index in [1.165, 1.54) is 12.1 Å². The van der Waals surface area contributed by atoms with Crippen LogP contribution in [0.25, 0.3) is 11.0 Å². The second-order valence-corrected chi connectivity index (χ2v) is 7.52. The number of methoxy groups -OCH3 is 1. The molecule has 32 heavy (non-hydrogen) atoms. The van der Waals surface area contributed by atoms with Gasteiger partial charge in [0.15, 0.2) is 0 Å². The average Bonchev–Trinajstić information content (AvgIpc) is 3.10. The van der Waals surface area contributed by atoms with E-state index >= 15 is 0 Å². The number of hydrogen-bond donors (Lipinski definition) is 2. The highest BCUT2D eigenvalue weighted by Crippen LogP contribution is 2.29. The number of amides is 1. The number of alkyl halides is 3. The largest absolute Gasteiger partial charge is 0.416 e. The molecule has 9 heteroatoms. The summed E-state index contributed by atoms with van der Waals surface area (Å²) in [5.41, 5.74) is 8.27. The van der Waals surface area contributed by atoms with Crippen molar-refractivity contribution >= 4 is 22.6 Å². The molecule has 172 valence electrons. The van der Waals surface area contributed by atoms with E-state index in [1.54, 1.807) is 19.2 Å². The Hall–Kier alpha value is -3.07. The van der Waals surface area contributed by atoms with E-state index in [-0.39, 0.29) is 12.5 Å². The molecule has 0 aliphatic carbocycles. The number of carbonyl (C=O) groups excluding carboxylic acids is 1. The molecule has 0 aliphatic rings. The average molecular weight is 448 g/mol. The zero-order valence-electron chi connectivity index (χ0n) is 18.1. The van der Waals surface area contributed by atoms with Gasteiger partial charge in [-0.2, -0.15) is 13.2 Å². The molecule has 0 radical (unpaired) electrons. The summed E-state index contributed by atoms with van der Waals surface area (Å²) in [6, 6.07) is 8.31. The lowest BCUT2D eigenvalue weighted by molar-refractivity contribution is -0.137. The minimum Gasteiger partial charge on any atom is -0.399 e. The molecule has 1 aromatic heterocycles. The molecular weight excluding hydrogens is 421 g/mol. The Morgan fingerprint density at radius 3 is 2.56 bits per heavy atom. The predicted octanol–water partition coefficient (Wildman–Crippen LogP) is 4.21. The van der Waals surface area contributed by atoms with Crippen LogP contribution in [-0.4, -0.2) is 35.7 Å². The van der Waals surface area contributed by atoms with Crippen molar-refractivity contribution in [2.24, 2.45) is 0 Å². The molecule has 0 saturated carbocycles. The Kier molecular flexibility index (Phi) is 7.40. The number of fused-ring (bicyclic) bond motifs is 1. The Labute approximate surface area is 184 Å². The zero-order valence-corrected chi connectivity index (χ0v) is 18.1. The maximum Gasteiger partial charge on any atom is 0.416 e. The summed E-state index contributed by atoms with van der Waals surface area (Å²) in [6.07, 6.45) is -2.48. The lowest BCUT2D eigenvalue weighted by Gasteiger charge is -2.12. The molecule has 1 amide bonds. The van der Waals surface area contributed by atoms with E-state index in [2.05, 4.69) is 10.3 Å². The van der Waals surface area contributed by atoms with Crippen molar-refractivity contribution in [3.05, 3.63) is 58.9 Å². The van der Waals surface area contributed by atoms with Crippen LogP contribution in [-0.2, 0) is 30.3 Å². The molecule has 3 rings (SSSR count). The maximum absolute atomic E-state index is 13.0. The van der Waals surface area contributed by atoms with Crippen molar-refractivity contribution in [3.63, 3.8) is 0 Å². The third kappa shape index (κ3) is 5.40. The smallest absolute Gasteiger partial charge is 0.399 e. The Morgan fingerprint density at radius 2 is 1.94 bits per heavy atom. The standard InChI is InChI=1S/C23H27F3N4O2/c1-3-20-29-19-14-17(27)13-18(21(19)30(20)11-4-12-32-2)22(31)28-10-9-15-5-7-16(8-6-15)23(24,25)26/h5-8,13-14H,3-4,9-12,27H2,1-2H3,(H,28,31). The van der Waals surface area contributed by atoms with E-state index < -0.39 is 11.7 Å². The summed E-state index contributed by atoms with van der Waals surface area (Å²) in [5, 5.41) is 2.85. The first-order chi connectivity index (χ1) is 15.2. The van der Waals surface area contributed by atoms with Gasteiger partial charge in [-0.05, 0) is 42.7 Å². The van der Waals surface area contributed by atoms with Gasteiger partial charge >= 0.3 is 6.18 Å². The number of imidazole rings is 1. The van der Waals surface area contributed by atoms with Gasteiger partial charge < -0.3 is 20.4 Å². The monoisotopic (exact) mass is 448 g/mol. The predicted molar refractivity (Wildman–Crippen MR) is 117 cm³/mol. The number of ether oxygens (including phenoxy) is 1. The molecule has 0 unspecified atom stereocenters. The molecule has 0 atom stereocenters. The number of nitrogen functional groups attached to an aromatic ring is 1. The number of halogens is 3. The highest BCUT2D eigenvalue weighted by atomic mass is 19.4. The summed E-state index contributed by atoms with van der Waals surface area (Å²) >= 11 is 0. The Balaban J connectivity index is 1.77. The topological polar surface area (TPSA) is 82.2 Å².